The number of aliphatic hydroxyl groups excluding tert-OH is 1. The predicted octanol–water partition coefficient (Wildman–Crippen LogP) is 5.49. The number of halogens is 1. The van der Waals surface area contributed by atoms with E-state index in [1.54, 1.807) is 22.9 Å². The average molecular weight is 426 g/mol. The maximum absolute atomic E-state index is 14.4. The van der Waals surface area contributed by atoms with Crippen molar-refractivity contribution in [3.05, 3.63) is 71.7 Å². The second kappa shape index (κ2) is 11.1. The van der Waals surface area contributed by atoms with Crippen molar-refractivity contribution >= 4 is 0 Å². The fraction of sp³-hybridized carbons (Fsp3) is 0.400. The van der Waals surface area contributed by atoms with E-state index in [9.17, 15) is 9.50 Å². The first-order valence-electron chi connectivity index (χ1n) is 11.0. The lowest BCUT2D eigenvalue weighted by Crippen LogP contribution is -2.33. The van der Waals surface area contributed by atoms with Gasteiger partial charge < -0.3 is 9.84 Å². The van der Waals surface area contributed by atoms with Crippen LogP contribution in [0.5, 0.6) is 11.6 Å². The van der Waals surface area contributed by atoms with Gasteiger partial charge in [0.25, 0.3) is 0 Å². The Hall–Kier alpha value is -2.70. The lowest BCUT2D eigenvalue weighted by atomic mass is 10.1. The highest BCUT2D eigenvalue weighted by atomic mass is 19.1. The molecule has 0 radical (unpaired) electrons. The monoisotopic (exact) mass is 425 g/mol. The molecule has 0 saturated heterocycles. The van der Waals surface area contributed by atoms with E-state index in [4.69, 9.17) is 9.84 Å². The number of aliphatic hydroxyl groups is 1. The summed E-state index contributed by atoms with van der Waals surface area (Å²) in [4.78, 5) is 2.22. The van der Waals surface area contributed by atoms with Gasteiger partial charge >= 0.3 is 0 Å². The van der Waals surface area contributed by atoms with Crippen molar-refractivity contribution in [2.75, 3.05) is 13.1 Å². The second-order valence-corrected chi connectivity index (χ2v) is 7.83. The minimum atomic E-state index is -0.421. The minimum absolute atomic E-state index is 0.161. The van der Waals surface area contributed by atoms with Gasteiger partial charge in [0.2, 0.25) is 5.88 Å². The predicted molar refractivity (Wildman–Crippen MR) is 121 cm³/mol. The molecule has 5 nitrogen and oxygen atoms in total. The molecule has 0 aliphatic carbocycles. The first-order chi connectivity index (χ1) is 15.0. The van der Waals surface area contributed by atoms with Crippen LogP contribution in [0, 0.1) is 12.7 Å². The molecule has 0 bridgehead atoms. The lowest BCUT2D eigenvalue weighted by Gasteiger charge is -2.25. The molecule has 1 atom stereocenters. The number of benzene rings is 2. The van der Waals surface area contributed by atoms with Crippen LogP contribution in [0.2, 0.25) is 0 Å². The molecule has 0 fully saturated rings. The van der Waals surface area contributed by atoms with E-state index in [2.05, 4.69) is 18.7 Å². The van der Waals surface area contributed by atoms with E-state index in [0.717, 1.165) is 42.8 Å². The fourth-order valence-electron chi connectivity index (χ4n) is 3.70. The Balaban J connectivity index is 2.00. The summed E-state index contributed by atoms with van der Waals surface area (Å²) >= 11 is 0. The van der Waals surface area contributed by atoms with E-state index < -0.39 is 5.82 Å². The summed E-state index contributed by atoms with van der Waals surface area (Å²) in [5, 5.41) is 15.1. The largest absolute Gasteiger partial charge is 0.435 e. The summed E-state index contributed by atoms with van der Waals surface area (Å²) in [5.74, 6) is 0.240. The number of ether oxygens (including phenoxy) is 1. The van der Waals surface area contributed by atoms with Crippen molar-refractivity contribution in [1.82, 2.24) is 14.7 Å². The van der Waals surface area contributed by atoms with Gasteiger partial charge in [0.1, 0.15) is 0 Å². The zero-order chi connectivity index (χ0) is 22.2. The third kappa shape index (κ3) is 5.93. The van der Waals surface area contributed by atoms with Crippen molar-refractivity contribution in [3.8, 4) is 17.3 Å². The van der Waals surface area contributed by atoms with Gasteiger partial charge in [0.05, 0.1) is 23.0 Å². The fourth-order valence-corrected chi connectivity index (χ4v) is 3.70. The summed E-state index contributed by atoms with van der Waals surface area (Å²) in [7, 11) is 0. The van der Waals surface area contributed by atoms with Gasteiger partial charge in [-0.2, -0.15) is 5.10 Å². The smallest absolute Gasteiger partial charge is 0.227 e. The summed E-state index contributed by atoms with van der Waals surface area (Å²) in [6, 6.07) is 16.1. The van der Waals surface area contributed by atoms with Crippen molar-refractivity contribution in [1.29, 1.82) is 0 Å². The lowest BCUT2D eigenvalue weighted by molar-refractivity contribution is 0.100. The van der Waals surface area contributed by atoms with Crippen LogP contribution in [0.1, 0.15) is 44.4 Å². The van der Waals surface area contributed by atoms with Crippen LogP contribution < -0.4 is 4.74 Å². The number of para-hydroxylation sites is 2. The Morgan fingerprint density at radius 3 is 2.45 bits per heavy atom. The van der Waals surface area contributed by atoms with Crippen molar-refractivity contribution in [2.45, 2.75) is 52.7 Å². The molecular formula is C25H32FN3O2. The molecule has 2 aromatic carbocycles. The number of rotatable bonds is 11. The number of aryl methyl sites for hydroxylation is 1. The second-order valence-electron chi connectivity index (χ2n) is 7.83. The molecule has 1 N–H and O–H groups in total. The number of aromatic nitrogens is 2. The van der Waals surface area contributed by atoms with Gasteiger partial charge in [-0.05, 0) is 50.6 Å². The third-order valence-electron chi connectivity index (χ3n) is 5.19. The molecule has 0 saturated carbocycles. The quantitative estimate of drug-likeness (QED) is 0.442. The van der Waals surface area contributed by atoms with Gasteiger partial charge in [-0.15, -0.1) is 0 Å². The maximum atomic E-state index is 14.4. The van der Waals surface area contributed by atoms with Gasteiger partial charge in [-0.1, -0.05) is 50.6 Å². The van der Waals surface area contributed by atoms with Crippen molar-refractivity contribution in [3.63, 3.8) is 0 Å². The summed E-state index contributed by atoms with van der Waals surface area (Å²) in [6.45, 7) is 8.12. The Morgan fingerprint density at radius 2 is 1.77 bits per heavy atom. The molecule has 1 aromatic heterocycles. The SMILES string of the molecule is CCCC(O)CN(CCC)Cc1c(C)nn(-c2ccccc2)c1Oc1ccccc1F. The Labute approximate surface area is 184 Å². The summed E-state index contributed by atoms with van der Waals surface area (Å²) < 4.78 is 22.2. The highest BCUT2D eigenvalue weighted by Gasteiger charge is 2.23. The number of hydrogen-bond donors (Lipinski definition) is 1. The third-order valence-corrected chi connectivity index (χ3v) is 5.19. The van der Waals surface area contributed by atoms with E-state index in [0.29, 0.717) is 19.0 Å². The molecule has 1 unspecified atom stereocenters. The molecule has 1 heterocycles. The highest BCUT2D eigenvalue weighted by Crippen LogP contribution is 2.32. The zero-order valence-corrected chi connectivity index (χ0v) is 18.6. The molecular weight excluding hydrogens is 393 g/mol. The molecule has 31 heavy (non-hydrogen) atoms. The van der Waals surface area contributed by atoms with Crippen LogP contribution in [0.25, 0.3) is 5.69 Å². The molecule has 6 heteroatoms. The summed E-state index contributed by atoms with van der Waals surface area (Å²) in [6.07, 6.45) is 2.29. The van der Waals surface area contributed by atoms with Crippen LogP contribution in [0.3, 0.4) is 0 Å². The first-order valence-corrected chi connectivity index (χ1v) is 11.0. The zero-order valence-electron chi connectivity index (χ0n) is 18.6. The normalized spacial score (nSPS) is 12.3. The van der Waals surface area contributed by atoms with Crippen LogP contribution in [0.4, 0.5) is 4.39 Å². The maximum Gasteiger partial charge on any atom is 0.227 e. The molecule has 0 amide bonds. The van der Waals surface area contributed by atoms with Gasteiger partial charge in [-0.25, -0.2) is 9.07 Å². The molecule has 0 aliphatic rings. The molecule has 0 aliphatic heterocycles. The Bertz CT molecular complexity index is 959. The van der Waals surface area contributed by atoms with Gasteiger partial charge in [0, 0.05) is 13.1 Å². The average Bonchev–Trinajstić information content (AvgIpc) is 3.06. The Morgan fingerprint density at radius 1 is 1.06 bits per heavy atom. The number of hydrogen-bond acceptors (Lipinski definition) is 4. The van der Waals surface area contributed by atoms with E-state index in [1.165, 1.54) is 6.07 Å². The van der Waals surface area contributed by atoms with Crippen molar-refractivity contribution < 1.29 is 14.2 Å². The van der Waals surface area contributed by atoms with E-state index >= 15 is 0 Å². The minimum Gasteiger partial charge on any atom is -0.435 e. The topological polar surface area (TPSA) is 50.5 Å². The van der Waals surface area contributed by atoms with Gasteiger partial charge in [0.15, 0.2) is 11.6 Å². The molecule has 166 valence electrons. The molecule has 0 spiro atoms. The summed E-state index contributed by atoms with van der Waals surface area (Å²) in [5.41, 5.74) is 2.56. The van der Waals surface area contributed by atoms with Gasteiger partial charge in [-0.3, -0.25) is 4.90 Å². The standard InChI is InChI=1S/C25H32FN3O2/c1-4-11-21(30)17-28(16-5-2)18-22-19(3)27-29(20-12-7-6-8-13-20)25(22)31-24-15-10-9-14-23(24)26/h6-10,12-15,21,30H,4-5,11,16-18H2,1-3H3. The number of nitrogens with zero attached hydrogens (tertiary/aromatic N) is 3. The first kappa shape index (κ1) is 23.0. The van der Waals surface area contributed by atoms with Crippen LogP contribution in [-0.2, 0) is 6.54 Å². The Kier molecular flexibility index (Phi) is 8.20. The van der Waals surface area contributed by atoms with Crippen LogP contribution >= 0.6 is 0 Å². The molecule has 3 aromatic rings. The van der Waals surface area contributed by atoms with Crippen LogP contribution in [0.15, 0.2) is 54.6 Å². The van der Waals surface area contributed by atoms with Crippen LogP contribution in [-0.4, -0.2) is 39.0 Å². The highest BCUT2D eigenvalue weighted by molar-refractivity contribution is 5.43. The van der Waals surface area contributed by atoms with Crippen molar-refractivity contribution in [2.24, 2.45) is 0 Å². The molecule has 3 rings (SSSR count). The van der Waals surface area contributed by atoms with E-state index in [1.807, 2.05) is 37.3 Å². The van der Waals surface area contributed by atoms with E-state index in [-0.39, 0.29) is 11.9 Å².